The van der Waals surface area contributed by atoms with Crippen LogP contribution in [0.1, 0.15) is 43.0 Å². The van der Waals surface area contributed by atoms with E-state index in [-0.39, 0.29) is 11.3 Å². The minimum absolute atomic E-state index is 0.0135. The van der Waals surface area contributed by atoms with Gasteiger partial charge in [0.15, 0.2) is 0 Å². The molecule has 1 aliphatic rings. The van der Waals surface area contributed by atoms with Gasteiger partial charge in [0, 0.05) is 0 Å². The number of hydrogen-bond acceptors (Lipinski definition) is 3. The summed E-state index contributed by atoms with van der Waals surface area (Å²) in [6.07, 6.45) is 1.93. The summed E-state index contributed by atoms with van der Waals surface area (Å²) in [5.74, 6) is -0.0135. The van der Waals surface area contributed by atoms with Gasteiger partial charge in [0.2, 0.25) is 0 Å². The van der Waals surface area contributed by atoms with Gasteiger partial charge in [-0.1, -0.05) is 98.8 Å². The van der Waals surface area contributed by atoms with E-state index in [0.717, 1.165) is 11.1 Å². The molecule has 2 aromatic rings. The van der Waals surface area contributed by atoms with Crippen LogP contribution in [0.4, 0.5) is 0 Å². The number of carbonyl (C=O) groups excluding carboxylic acids is 1. The number of carbonyl (C=O) groups is 1. The second kappa shape index (κ2) is 7.37. The lowest BCUT2D eigenvalue weighted by molar-refractivity contribution is -0.122. The van der Waals surface area contributed by atoms with Crippen molar-refractivity contribution in [3.8, 4) is 0 Å². The van der Waals surface area contributed by atoms with Crippen molar-refractivity contribution in [1.29, 1.82) is 0 Å². The fourth-order valence-electron chi connectivity index (χ4n) is 2.74. The van der Waals surface area contributed by atoms with E-state index in [4.69, 9.17) is 12.2 Å². The van der Waals surface area contributed by atoms with E-state index in [0.29, 0.717) is 15.8 Å². The molecule has 0 saturated carbocycles. The highest BCUT2D eigenvalue weighted by Crippen LogP contribution is 2.34. The summed E-state index contributed by atoms with van der Waals surface area (Å²) < 4.78 is 0.619. The molecule has 1 fully saturated rings. The Bertz CT molecular complexity index is 859. The molecule has 134 valence electrons. The maximum Gasteiger partial charge on any atom is 0.266 e. The molecule has 0 unspecified atom stereocenters. The van der Waals surface area contributed by atoms with Crippen LogP contribution in [0.5, 0.6) is 0 Å². The van der Waals surface area contributed by atoms with Gasteiger partial charge in [-0.25, -0.2) is 0 Å². The maximum atomic E-state index is 12.8. The van der Waals surface area contributed by atoms with Crippen LogP contribution in [0.3, 0.4) is 0 Å². The Kier molecular flexibility index (Phi) is 5.35. The molecule has 4 heteroatoms. The zero-order valence-corrected chi connectivity index (χ0v) is 17.2. The third kappa shape index (κ3) is 4.25. The molecule has 0 aliphatic carbocycles. The van der Waals surface area contributed by atoms with Crippen LogP contribution in [0, 0.1) is 6.92 Å². The molecule has 2 nitrogen and oxygen atoms in total. The largest absolute Gasteiger partial charge is 0.288 e. The highest BCUT2D eigenvalue weighted by molar-refractivity contribution is 8.26. The van der Waals surface area contributed by atoms with Gasteiger partial charge in [-0.15, -0.1) is 0 Å². The fraction of sp³-hybridized carbons (Fsp3) is 0.273. The molecule has 0 aromatic heterocycles. The third-order valence-electron chi connectivity index (χ3n) is 4.41. The van der Waals surface area contributed by atoms with E-state index in [1.54, 1.807) is 4.90 Å². The van der Waals surface area contributed by atoms with Gasteiger partial charge in [0.05, 0.1) is 11.4 Å². The van der Waals surface area contributed by atoms with Crippen LogP contribution in [0.25, 0.3) is 6.08 Å². The van der Waals surface area contributed by atoms with Crippen molar-refractivity contribution in [2.45, 2.75) is 39.7 Å². The predicted octanol–water partition coefficient (Wildman–Crippen LogP) is 5.69. The van der Waals surface area contributed by atoms with Gasteiger partial charge in [0.25, 0.3) is 5.91 Å². The first kappa shape index (κ1) is 18.9. The predicted molar refractivity (Wildman–Crippen MR) is 115 cm³/mol. The number of nitrogens with zero attached hydrogens (tertiary/aromatic N) is 1. The maximum absolute atomic E-state index is 12.8. The summed E-state index contributed by atoms with van der Waals surface area (Å²) in [7, 11) is 0. The molecule has 0 spiro atoms. The lowest BCUT2D eigenvalue weighted by atomic mass is 9.87. The van der Waals surface area contributed by atoms with Crippen LogP contribution >= 0.6 is 24.0 Å². The standard InChI is InChI=1S/C22H23NOS2/c1-15-5-7-17(8-6-15)14-23-20(24)19(26-21(23)25)13-16-9-11-18(12-10-16)22(2,3)4/h5-13H,14H2,1-4H3. The van der Waals surface area contributed by atoms with Crippen LogP contribution in [0.15, 0.2) is 53.4 Å². The summed E-state index contributed by atoms with van der Waals surface area (Å²) in [5.41, 5.74) is 4.71. The number of thiocarbonyl (C=S) groups is 1. The lowest BCUT2D eigenvalue weighted by Crippen LogP contribution is -2.27. The molecule has 3 rings (SSSR count). The van der Waals surface area contributed by atoms with Crippen molar-refractivity contribution in [2.24, 2.45) is 0 Å². The van der Waals surface area contributed by atoms with Crippen molar-refractivity contribution in [1.82, 2.24) is 4.90 Å². The average molecular weight is 382 g/mol. The normalized spacial score (nSPS) is 16.6. The minimum Gasteiger partial charge on any atom is -0.288 e. The van der Waals surface area contributed by atoms with Gasteiger partial charge in [-0.3, -0.25) is 9.69 Å². The first-order chi connectivity index (χ1) is 12.2. The smallest absolute Gasteiger partial charge is 0.266 e. The van der Waals surface area contributed by atoms with Crippen LogP contribution < -0.4 is 0 Å². The van der Waals surface area contributed by atoms with Crippen LogP contribution in [-0.2, 0) is 16.8 Å². The van der Waals surface area contributed by atoms with E-state index in [2.05, 4.69) is 64.1 Å². The molecular formula is C22H23NOS2. The highest BCUT2D eigenvalue weighted by atomic mass is 32.2. The zero-order chi connectivity index (χ0) is 18.9. The average Bonchev–Trinajstić information content (AvgIpc) is 2.84. The van der Waals surface area contributed by atoms with E-state index >= 15 is 0 Å². The van der Waals surface area contributed by atoms with E-state index < -0.39 is 0 Å². The Morgan fingerprint density at radius 1 is 1.04 bits per heavy atom. The molecular weight excluding hydrogens is 358 g/mol. The first-order valence-corrected chi connectivity index (χ1v) is 9.88. The Balaban J connectivity index is 1.77. The number of amides is 1. The van der Waals surface area contributed by atoms with E-state index in [9.17, 15) is 4.79 Å². The van der Waals surface area contributed by atoms with Crippen molar-refractivity contribution in [3.63, 3.8) is 0 Å². The summed E-state index contributed by atoms with van der Waals surface area (Å²) in [6.45, 7) is 9.15. The number of benzene rings is 2. The number of hydrogen-bond donors (Lipinski definition) is 0. The summed E-state index contributed by atoms with van der Waals surface area (Å²) >= 11 is 6.81. The molecule has 0 bridgehead atoms. The second-order valence-electron chi connectivity index (χ2n) is 7.63. The van der Waals surface area contributed by atoms with Gasteiger partial charge in [-0.2, -0.15) is 0 Å². The molecule has 0 N–H and O–H groups in total. The van der Waals surface area contributed by atoms with Gasteiger partial charge < -0.3 is 0 Å². The quantitative estimate of drug-likeness (QED) is 0.503. The second-order valence-corrected chi connectivity index (χ2v) is 9.30. The molecule has 1 heterocycles. The third-order valence-corrected chi connectivity index (χ3v) is 5.79. The molecule has 26 heavy (non-hydrogen) atoms. The van der Waals surface area contributed by atoms with Crippen molar-refractivity contribution in [3.05, 3.63) is 75.7 Å². The van der Waals surface area contributed by atoms with Crippen molar-refractivity contribution < 1.29 is 4.79 Å². The van der Waals surface area contributed by atoms with Crippen LogP contribution in [0.2, 0.25) is 0 Å². The van der Waals surface area contributed by atoms with E-state index in [1.165, 1.54) is 22.9 Å². The summed E-state index contributed by atoms with van der Waals surface area (Å²) in [6, 6.07) is 16.6. The molecule has 1 amide bonds. The van der Waals surface area contributed by atoms with Crippen molar-refractivity contribution >= 4 is 40.3 Å². The topological polar surface area (TPSA) is 20.3 Å². The fourth-order valence-corrected chi connectivity index (χ4v) is 4.00. The van der Waals surface area contributed by atoms with Crippen molar-refractivity contribution in [2.75, 3.05) is 0 Å². The van der Waals surface area contributed by atoms with Crippen LogP contribution in [-0.4, -0.2) is 15.1 Å². The Hall–Kier alpha value is -1.91. The molecule has 1 aliphatic heterocycles. The lowest BCUT2D eigenvalue weighted by Gasteiger charge is -2.18. The van der Waals surface area contributed by atoms with E-state index in [1.807, 2.05) is 18.2 Å². The zero-order valence-electron chi connectivity index (χ0n) is 15.6. The minimum atomic E-state index is -0.0135. The van der Waals surface area contributed by atoms with Gasteiger partial charge >= 0.3 is 0 Å². The highest BCUT2D eigenvalue weighted by Gasteiger charge is 2.31. The SMILES string of the molecule is Cc1ccc(CN2C(=O)C(=Cc3ccc(C(C)(C)C)cc3)SC2=S)cc1. The molecule has 2 aromatic carbocycles. The monoisotopic (exact) mass is 381 g/mol. The Labute approximate surface area is 165 Å². The molecule has 0 radical (unpaired) electrons. The summed E-state index contributed by atoms with van der Waals surface area (Å²) in [5, 5.41) is 0. The Morgan fingerprint density at radius 3 is 2.23 bits per heavy atom. The number of aryl methyl sites for hydroxylation is 1. The molecule has 1 saturated heterocycles. The van der Waals surface area contributed by atoms with Gasteiger partial charge in [0.1, 0.15) is 4.32 Å². The number of rotatable bonds is 3. The van der Waals surface area contributed by atoms with Gasteiger partial charge in [-0.05, 0) is 35.1 Å². The summed E-state index contributed by atoms with van der Waals surface area (Å²) in [4.78, 5) is 15.1. The Morgan fingerprint density at radius 2 is 1.65 bits per heavy atom. The number of thioether (sulfide) groups is 1. The first-order valence-electron chi connectivity index (χ1n) is 8.65. The molecule has 0 atom stereocenters.